The van der Waals surface area contributed by atoms with Crippen LogP contribution in [0.5, 0.6) is 5.88 Å². The van der Waals surface area contributed by atoms with Crippen molar-refractivity contribution in [1.82, 2.24) is 19.9 Å². The van der Waals surface area contributed by atoms with Gasteiger partial charge in [0, 0.05) is 5.69 Å². The normalized spacial score (nSPS) is 10.7. The molecule has 0 spiro atoms. The molecule has 0 aliphatic heterocycles. The fourth-order valence-corrected chi connectivity index (χ4v) is 2.34. The van der Waals surface area contributed by atoms with Crippen LogP contribution in [-0.4, -0.2) is 25.0 Å². The average molecular weight is 298 g/mol. The van der Waals surface area contributed by atoms with E-state index in [0.717, 1.165) is 17.7 Å². The zero-order chi connectivity index (χ0) is 15.5. The van der Waals surface area contributed by atoms with Gasteiger partial charge in [-0.3, -0.25) is 14.8 Å². The van der Waals surface area contributed by atoms with Crippen LogP contribution in [0.3, 0.4) is 0 Å². The molecule has 2 heterocycles. The summed E-state index contributed by atoms with van der Waals surface area (Å²) in [5, 5.41) is 9.82. The van der Waals surface area contributed by atoms with Gasteiger partial charge in [0.1, 0.15) is 11.3 Å². The molecule has 2 aromatic heterocycles. The van der Waals surface area contributed by atoms with E-state index in [-0.39, 0.29) is 5.56 Å². The molecule has 0 saturated carbocycles. The molecule has 0 fully saturated rings. The Kier molecular flexibility index (Phi) is 3.61. The smallest absolute Gasteiger partial charge is 0.328 e. The summed E-state index contributed by atoms with van der Waals surface area (Å²) >= 11 is 0. The van der Waals surface area contributed by atoms with E-state index in [0.29, 0.717) is 12.1 Å². The maximum Gasteiger partial charge on any atom is 0.328 e. The topological polar surface area (TPSA) is 115 Å². The van der Waals surface area contributed by atoms with Crippen LogP contribution in [0.1, 0.15) is 11.3 Å². The molecule has 4 N–H and O–H groups in total. The third-order valence-corrected chi connectivity index (χ3v) is 3.38. The van der Waals surface area contributed by atoms with Crippen molar-refractivity contribution in [2.75, 3.05) is 0 Å². The molecule has 112 valence electrons. The molecule has 22 heavy (non-hydrogen) atoms. The van der Waals surface area contributed by atoms with Crippen molar-refractivity contribution in [1.29, 1.82) is 0 Å². The van der Waals surface area contributed by atoms with Crippen molar-refractivity contribution in [2.45, 2.75) is 12.8 Å². The number of aromatic amines is 3. The Hall–Kier alpha value is -3.09. The first kappa shape index (κ1) is 13.9. The lowest BCUT2D eigenvalue weighted by molar-refractivity contribution is 0.450. The highest BCUT2D eigenvalue weighted by molar-refractivity contribution is 5.65. The van der Waals surface area contributed by atoms with Gasteiger partial charge >= 0.3 is 5.69 Å². The van der Waals surface area contributed by atoms with Crippen molar-refractivity contribution in [3.63, 3.8) is 0 Å². The van der Waals surface area contributed by atoms with Crippen molar-refractivity contribution >= 4 is 0 Å². The first-order valence-corrected chi connectivity index (χ1v) is 6.77. The fraction of sp³-hybridized carbons (Fsp3) is 0.133. The Morgan fingerprint density at radius 2 is 1.82 bits per heavy atom. The summed E-state index contributed by atoms with van der Waals surface area (Å²) in [5.74, 6) is -0.484. The summed E-state index contributed by atoms with van der Waals surface area (Å²) in [6.07, 6.45) is 2.84. The van der Waals surface area contributed by atoms with E-state index < -0.39 is 17.1 Å². The van der Waals surface area contributed by atoms with Crippen LogP contribution in [0, 0.1) is 0 Å². The second-order valence-electron chi connectivity index (χ2n) is 4.85. The Labute approximate surface area is 124 Å². The van der Waals surface area contributed by atoms with Gasteiger partial charge in [0.2, 0.25) is 5.88 Å². The van der Waals surface area contributed by atoms with Crippen LogP contribution in [-0.2, 0) is 12.8 Å². The summed E-state index contributed by atoms with van der Waals surface area (Å²) in [7, 11) is 0. The van der Waals surface area contributed by atoms with Crippen molar-refractivity contribution in [2.24, 2.45) is 0 Å². The third kappa shape index (κ3) is 2.69. The van der Waals surface area contributed by atoms with Gasteiger partial charge in [-0.05, 0) is 18.4 Å². The second kappa shape index (κ2) is 5.72. The summed E-state index contributed by atoms with van der Waals surface area (Å²) in [6, 6.07) is 9.90. The molecule has 7 heteroatoms. The largest absolute Gasteiger partial charge is 0.494 e. The van der Waals surface area contributed by atoms with Crippen LogP contribution >= 0.6 is 0 Å². The average Bonchev–Trinajstić information content (AvgIpc) is 2.93. The van der Waals surface area contributed by atoms with Crippen LogP contribution in [0.2, 0.25) is 0 Å². The number of nitrogens with zero attached hydrogens (tertiary/aromatic N) is 1. The summed E-state index contributed by atoms with van der Waals surface area (Å²) in [5.41, 5.74) is 0.746. The number of aromatic nitrogens is 4. The molecule has 3 rings (SSSR count). The van der Waals surface area contributed by atoms with Crippen LogP contribution in [0.25, 0.3) is 11.3 Å². The van der Waals surface area contributed by atoms with E-state index in [9.17, 15) is 14.7 Å². The number of aryl methyl sites for hydroxylation is 2. The number of hydrogen-bond acceptors (Lipinski definition) is 4. The Balaban J connectivity index is 1.93. The number of H-pyrrole nitrogens is 3. The molecule has 0 radical (unpaired) electrons. The molecule has 0 bridgehead atoms. The van der Waals surface area contributed by atoms with Gasteiger partial charge in [0.15, 0.2) is 0 Å². The van der Waals surface area contributed by atoms with Crippen molar-refractivity contribution in [3.05, 3.63) is 68.8 Å². The second-order valence-corrected chi connectivity index (χ2v) is 4.85. The predicted octanol–water partition coefficient (Wildman–Crippen LogP) is 0.944. The Morgan fingerprint density at radius 1 is 1.05 bits per heavy atom. The van der Waals surface area contributed by atoms with Gasteiger partial charge in [0.25, 0.3) is 5.56 Å². The van der Waals surface area contributed by atoms with E-state index in [1.165, 1.54) is 6.33 Å². The number of benzene rings is 1. The highest BCUT2D eigenvalue weighted by Crippen LogP contribution is 2.23. The summed E-state index contributed by atoms with van der Waals surface area (Å²) in [4.78, 5) is 34.3. The maximum absolute atomic E-state index is 11.9. The van der Waals surface area contributed by atoms with E-state index in [1.807, 2.05) is 30.3 Å². The molecular weight excluding hydrogens is 284 g/mol. The lowest BCUT2D eigenvalue weighted by atomic mass is 10.1. The van der Waals surface area contributed by atoms with Crippen LogP contribution in [0.15, 0.2) is 46.2 Å². The molecular formula is C15H14N4O3. The van der Waals surface area contributed by atoms with Gasteiger partial charge in [-0.1, -0.05) is 30.3 Å². The van der Waals surface area contributed by atoms with Gasteiger partial charge in [-0.2, -0.15) is 0 Å². The fourth-order valence-electron chi connectivity index (χ4n) is 2.34. The minimum atomic E-state index is -0.757. The standard InChI is InChI=1S/C15H14N4O3/c20-13-11(14(21)19-15(22)18-13)12-10(16-8-17-12)7-6-9-4-2-1-3-5-9/h1-5,8H,6-7H2,(H,16,17)(H3,18,19,20,21,22). The van der Waals surface area contributed by atoms with Gasteiger partial charge < -0.3 is 10.1 Å². The van der Waals surface area contributed by atoms with Crippen molar-refractivity contribution < 1.29 is 5.11 Å². The highest BCUT2D eigenvalue weighted by atomic mass is 16.3. The van der Waals surface area contributed by atoms with Gasteiger partial charge in [0.05, 0.1) is 6.33 Å². The number of nitrogens with one attached hydrogen (secondary N) is 3. The molecule has 0 unspecified atom stereocenters. The molecule has 0 aliphatic rings. The van der Waals surface area contributed by atoms with E-state index in [4.69, 9.17) is 0 Å². The monoisotopic (exact) mass is 298 g/mol. The molecule has 0 saturated heterocycles. The maximum atomic E-state index is 11.9. The van der Waals surface area contributed by atoms with Gasteiger partial charge in [-0.25, -0.2) is 9.78 Å². The molecule has 1 aromatic carbocycles. The molecule has 0 atom stereocenters. The quantitative estimate of drug-likeness (QED) is 0.574. The van der Waals surface area contributed by atoms with Gasteiger partial charge in [-0.15, -0.1) is 0 Å². The van der Waals surface area contributed by atoms with E-state index in [2.05, 4.69) is 19.9 Å². The lowest BCUT2D eigenvalue weighted by Crippen LogP contribution is -2.23. The molecule has 3 aromatic rings. The van der Waals surface area contributed by atoms with E-state index >= 15 is 0 Å². The third-order valence-electron chi connectivity index (χ3n) is 3.38. The first-order valence-electron chi connectivity index (χ1n) is 6.77. The van der Waals surface area contributed by atoms with Crippen LogP contribution in [0.4, 0.5) is 0 Å². The Bertz CT molecular complexity index is 893. The minimum Gasteiger partial charge on any atom is -0.494 e. The lowest BCUT2D eigenvalue weighted by Gasteiger charge is -2.04. The first-order chi connectivity index (χ1) is 10.6. The summed E-state index contributed by atoms with van der Waals surface area (Å²) in [6.45, 7) is 0. The zero-order valence-corrected chi connectivity index (χ0v) is 11.6. The summed E-state index contributed by atoms with van der Waals surface area (Å²) < 4.78 is 0. The zero-order valence-electron chi connectivity index (χ0n) is 11.6. The highest BCUT2D eigenvalue weighted by Gasteiger charge is 2.17. The van der Waals surface area contributed by atoms with Crippen LogP contribution < -0.4 is 11.2 Å². The number of hydrogen-bond donors (Lipinski definition) is 4. The van der Waals surface area contributed by atoms with Crippen molar-refractivity contribution in [3.8, 4) is 17.1 Å². The number of aromatic hydroxyl groups is 1. The molecule has 7 nitrogen and oxygen atoms in total. The van der Waals surface area contributed by atoms with E-state index in [1.54, 1.807) is 0 Å². The minimum absolute atomic E-state index is 0.0380. The molecule has 0 aliphatic carbocycles. The number of imidazole rings is 1. The Morgan fingerprint density at radius 3 is 2.55 bits per heavy atom. The molecule has 0 amide bonds. The SMILES string of the molecule is O=c1[nH]c(O)c(-c2nc[nH]c2CCc2ccccc2)c(=O)[nH]1. The number of rotatable bonds is 4. The predicted molar refractivity (Wildman–Crippen MR) is 80.8 cm³/mol.